The highest BCUT2D eigenvalue weighted by atomic mass is 35.5. The lowest BCUT2D eigenvalue weighted by Crippen LogP contribution is -2.27. The largest absolute Gasteiger partial charge is 0.399 e. The van der Waals surface area contributed by atoms with Crippen molar-refractivity contribution in [3.8, 4) is 0 Å². The molecule has 0 saturated heterocycles. The molecule has 0 saturated carbocycles. The molecular weight excluding hydrogens is 260 g/mol. The van der Waals surface area contributed by atoms with Crippen LogP contribution in [0.3, 0.4) is 0 Å². The predicted octanol–water partition coefficient (Wildman–Crippen LogP) is 3.31. The highest BCUT2D eigenvalue weighted by Crippen LogP contribution is 2.24. The van der Waals surface area contributed by atoms with Crippen LogP contribution in [0.25, 0.3) is 0 Å². The minimum absolute atomic E-state index is 0.188. The zero-order valence-corrected chi connectivity index (χ0v) is 11.5. The number of halogens is 1. The third kappa shape index (κ3) is 2.71. The number of nitrogens with two attached hydrogens (primary N) is 1. The van der Waals surface area contributed by atoms with Crippen LogP contribution < -0.4 is 10.6 Å². The Morgan fingerprint density at radius 2 is 2.11 bits per heavy atom. The zero-order chi connectivity index (χ0) is 14.0. The van der Waals surface area contributed by atoms with Gasteiger partial charge in [0.2, 0.25) is 0 Å². The Labute approximate surface area is 117 Å². The van der Waals surface area contributed by atoms with E-state index < -0.39 is 0 Å². The van der Waals surface area contributed by atoms with Gasteiger partial charge in [-0.05, 0) is 48.9 Å². The molecule has 0 aliphatic rings. The number of carbonyl (C=O) groups excluding carboxylic acids is 1. The molecule has 0 fully saturated rings. The second-order valence-electron chi connectivity index (χ2n) is 4.32. The van der Waals surface area contributed by atoms with Crippen molar-refractivity contribution in [2.75, 3.05) is 17.7 Å². The number of carbonyl (C=O) groups is 1. The van der Waals surface area contributed by atoms with Crippen LogP contribution in [0, 0.1) is 13.0 Å². The molecule has 0 spiro atoms. The molecule has 19 heavy (non-hydrogen) atoms. The van der Waals surface area contributed by atoms with Gasteiger partial charge in [0.15, 0.2) is 0 Å². The van der Waals surface area contributed by atoms with E-state index in [4.69, 9.17) is 17.3 Å². The first-order valence-corrected chi connectivity index (χ1v) is 6.18. The first-order chi connectivity index (χ1) is 9.00. The summed E-state index contributed by atoms with van der Waals surface area (Å²) in [6, 6.07) is 13.3. The SMILES string of the molecule is Cc1c[c]ccc1N(C)C(=O)c1cc(N)ccc1Cl. The lowest BCUT2D eigenvalue weighted by atomic mass is 10.1. The molecule has 2 N–H and O–H groups in total. The molecule has 3 nitrogen and oxygen atoms in total. The second kappa shape index (κ2) is 5.33. The Balaban J connectivity index is 2.39. The van der Waals surface area contributed by atoms with E-state index in [9.17, 15) is 4.79 Å². The quantitative estimate of drug-likeness (QED) is 0.854. The van der Waals surface area contributed by atoms with Gasteiger partial charge in [0.1, 0.15) is 0 Å². The van der Waals surface area contributed by atoms with Gasteiger partial charge >= 0.3 is 0 Å². The van der Waals surface area contributed by atoms with E-state index in [2.05, 4.69) is 6.07 Å². The van der Waals surface area contributed by atoms with Crippen LogP contribution in [0.4, 0.5) is 11.4 Å². The van der Waals surface area contributed by atoms with Gasteiger partial charge in [-0.3, -0.25) is 4.79 Å². The molecule has 2 rings (SSSR count). The first kappa shape index (κ1) is 13.4. The zero-order valence-electron chi connectivity index (χ0n) is 10.8. The molecule has 1 radical (unpaired) electrons. The van der Waals surface area contributed by atoms with Crippen molar-refractivity contribution in [2.45, 2.75) is 6.92 Å². The summed E-state index contributed by atoms with van der Waals surface area (Å²) in [7, 11) is 1.71. The standard InChI is InChI=1S/C15H14ClN2O/c1-10-5-3-4-6-14(10)18(2)15(19)12-9-11(17)7-8-13(12)16/h4-9H,17H2,1-2H3. The summed E-state index contributed by atoms with van der Waals surface area (Å²) in [5.41, 5.74) is 8.40. The highest BCUT2D eigenvalue weighted by Gasteiger charge is 2.17. The number of hydrogen-bond acceptors (Lipinski definition) is 2. The van der Waals surface area contributed by atoms with Crippen molar-refractivity contribution in [1.82, 2.24) is 0 Å². The molecule has 2 aromatic carbocycles. The summed E-state index contributed by atoms with van der Waals surface area (Å²) in [4.78, 5) is 14.0. The molecule has 0 bridgehead atoms. The fourth-order valence-corrected chi connectivity index (χ4v) is 2.08. The number of amides is 1. The van der Waals surface area contributed by atoms with E-state index in [-0.39, 0.29) is 5.91 Å². The average Bonchev–Trinajstić information content (AvgIpc) is 2.40. The van der Waals surface area contributed by atoms with Crippen LogP contribution in [0.1, 0.15) is 15.9 Å². The molecular formula is C15H14ClN2O. The molecule has 0 heterocycles. The van der Waals surface area contributed by atoms with Gasteiger partial charge in [-0.1, -0.05) is 17.7 Å². The van der Waals surface area contributed by atoms with Gasteiger partial charge in [-0.25, -0.2) is 0 Å². The topological polar surface area (TPSA) is 46.3 Å². The maximum Gasteiger partial charge on any atom is 0.259 e. The van der Waals surface area contributed by atoms with Crippen LogP contribution in [-0.2, 0) is 0 Å². The Morgan fingerprint density at radius 3 is 2.79 bits per heavy atom. The number of nitrogens with zero attached hydrogens (tertiary/aromatic N) is 1. The monoisotopic (exact) mass is 273 g/mol. The molecule has 1 amide bonds. The fourth-order valence-electron chi connectivity index (χ4n) is 1.88. The summed E-state index contributed by atoms with van der Waals surface area (Å²) in [6.07, 6.45) is 0. The number of benzene rings is 2. The van der Waals surface area contributed by atoms with Crippen LogP contribution in [0.15, 0.2) is 36.4 Å². The molecule has 2 aromatic rings. The lowest BCUT2D eigenvalue weighted by Gasteiger charge is -2.20. The second-order valence-corrected chi connectivity index (χ2v) is 4.72. The minimum atomic E-state index is -0.188. The molecule has 0 aliphatic carbocycles. The third-order valence-electron chi connectivity index (χ3n) is 2.93. The van der Waals surface area contributed by atoms with E-state index in [1.807, 2.05) is 19.1 Å². The van der Waals surface area contributed by atoms with Gasteiger partial charge < -0.3 is 10.6 Å². The summed E-state index contributed by atoms with van der Waals surface area (Å²) in [5, 5.41) is 0.395. The summed E-state index contributed by atoms with van der Waals surface area (Å²) in [5.74, 6) is -0.188. The summed E-state index contributed by atoms with van der Waals surface area (Å²) >= 11 is 6.05. The van der Waals surface area contributed by atoms with E-state index in [0.29, 0.717) is 16.3 Å². The molecule has 4 heteroatoms. The number of rotatable bonds is 2. The Kier molecular flexibility index (Phi) is 3.76. The van der Waals surface area contributed by atoms with Gasteiger partial charge in [-0.15, -0.1) is 0 Å². The fraction of sp³-hybridized carbons (Fsp3) is 0.133. The third-order valence-corrected chi connectivity index (χ3v) is 3.26. The van der Waals surface area contributed by atoms with Crippen LogP contribution in [0.5, 0.6) is 0 Å². The van der Waals surface area contributed by atoms with Crippen molar-refractivity contribution in [2.24, 2.45) is 0 Å². The lowest BCUT2D eigenvalue weighted by molar-refractivity contribution is 0.0993. The predicted molar refractivity (Wildman–Crippen MR) is 78.6 cm³/mol. The molecule has 0 aromatic heterocycles. The van der Waals surface area contributed by atoms with Gasteiger partial charge in [0, 0.05) is 18.4 Å². The normalized spacial score (nSPS) is 10.3. The first-order valence-electron chi connectivity index (χ1n) is 5.80. The van der Waals surface area contributed by atoms with Crippen LogP contribution in [0.2, 0.25) is 5.02 Å². The van der Waals surface area contributed by atoms with Crippen molar-refractivity contribution >= 4 is 28.9 Å². The Bertz CT molecular complexity index is 625. The van der Waals surface area contributed by atoms with Crippen molar-refractivity contribution in [3.63, 3.8) is 0 Å². The van der Waals surface area contributed by atoms with E-state index in [1.54, 1.807) is 36.2 Å². The van der Waals surface area contributed by atoms with Crippen LogP contribution >= 0.6 is 11.6 Å². The molecule has 0 atom stereocenters. The summed E-state index contributed by atoms with van der Waals surface area (Å²) in [6.45, 7) is 1.93. The number of nitrogen functional groups attached to an aromatic ring is 1. The van der Waals surface area contributed by atoms with Gasteiger partial charge in [0.25, 0.3) is 5.91 Å². The van der Waals surface area contributed by atoms with Crippen molar-refractivity contribution < 1.29 is 4.79 Å². The van der Waals surface area contributed by atoms with E-state index in [0.717, 1.165) is 11.3 Å². The minimum Gasteiger partial charge on any atom is -0.399 e. The average molecular weight is 274 g/mol. The maximum absolute atomic E-state index is 12.4. The van der Waals surface area contributed by atoms with Gasteiger partial charge in [0.05, 0.1) is 10.6 Å². The molecule has 0 unspecified atom stereocenters. The van der Waals surface area contributed by atoms with E-state index in [1.165, 1.54) is 0 Å². The maximum atomic E-state index is 12.4. The van der Waals surface area contributed by atoms with Gasteiger partial charge in [-0.2, -0.15) is 0 Å². The van der Waals surface area contributed by atoms with Crippen molar-refractivity contribution in [1.29, 1.82) is 0 Å². The Morgan fingerprint density at radius 1 is 1.37 bits per heavy atom. The molecule has 0 aliphatic heterocycles. The number of hydrogen-bond donors (Lipinski definition) is 1. The molecule has 97 valence electrons. The summed E-state index contributed by atoms with van der Waals surface area (Å²) < 4.78 is 0. The Hall–Kier alpha value is -2.00. The van der Waals surface area contributed by atoms with Crippen LogP contribution in [-0.4, -0.2) is 13.0 Å². The van der Waals surface area contributed by atoms with Crippen molar-refractivity contribution in [3.05, 3.63) is 58.6 Å². The smallest absolute Gasteiger partial charge is 0.259 e. The number of anilines is 2. The van der Waals surface area contributed by atoms with E-state index >= 15 is 0 Å². The highest BCUT2D eigenvalue weighted by molar-refractivity contribution is 6.34. The number of aryl methyl sites for hydroxylation is 1.